The molecule has 0 amide bonds. The van der Waals surface area contributed by atoms with E-state index in [2.05, 4.69) is 10.1 Å². The molecule has 0 aliphatic rings. The molecule has 2 heterocycles. The normalized spacial score (nSPS) is 10.6. The van der Waals surface area contributed by atoms with Crippen LogP contribution in [-0.2, 0) is 12.2 Å². The third-order valence-electron chi connectivity index (χ3n) is 1.95. The van der Waals surface area contributed by atoms with Crippen molar-refractivity contribution in [2.75, 3.05) is 0 Å². The molecule has 0 saturated heterocycles. The fourth-order valence-electron chi connectivity index (χ4n) is 1.14. The molecule has 0 spiro atoms. The molecular weight excluding hydrogens is 244 g/mol. The summed E-state index contributed by atoms with van der Waals surface area (Å²) in [5, 5.41) is 13.0. The SMILES string of the molecule is CCc1nc(CSc2ccc(C(=O)O)o2)no1. The van der Waals surface area contributed by atoms with Gasteiger partial charge in [0.15, 0.2) is 10.9 Å². The molecule has 0 fully saturated rings. The highest BCUT2D eigenvalue weighted by Crippen LogP contribution is 2.23. The Morgan fingerprint density at radius 2 is 2.35 bits per heavy atom. The Kier molecular flexibility index (Phi) is 3.48. The molecule has 0 bridgehead atoms. The minimum atomic E-state index is -1.08. The van der Waals surface area contributed by atoms with Gasteiger partial charge in [-0.25, -0.2) is 4.79 Å². The van der Waals surface area contributed by atoms with Crippen LogP contribution in [-0.4, -0.2) is 21.2 Å². The predicted molar refractivity (Wildman–Crippen MR) is 58.9 cm³/mol. The van der Waals surface area contributed by atoms with Gasteiger partial charge in [-0.05, 0) is 12.1 Å². The summed E-state index contributed by atoms with van der Waals surface area (Å²) in [6.07, 6.45) is 0.696. The molecule has 90 valence electrons. The Morgan fingerprint density at radius 1 is 1.53 bits per heavy atom. The van der Waals surface area contributed by atoms with Crippen molar-refractivity contribution < 1.29 is 18.8 Å². The van der Waals surface area contributed by atoms with Crippen LogP contribution in [0.5, 0.6) is 0 Å². The molecule has 7 heteroatoms. The molecule has 6 nitrogen and oxygen atoms in total. The molecule has 0 saturated carbocycles. The summed E-state index contributed by atoms with van der Waals surface area (Å²) in [5.74, 6) is 0.488. The average molecular weight is 254 g/mol. The molecule has 2 rings (SSSR count). The molecule has 0 atom stereocenters. The summed E-state index contributed by atoms with van der Waals surface area (Å²) in [6.45, 7) is 1.93. The van der Waals surface area contributed by atoms with Crippen molar-refractivity contribution in [1.82, 2.24) is 10.1 Å². The molecule has 1 N–H and O–H groups in total. The molecule has 2 aromatic rings. The van der Waals surface area contributed by atoms with Crippen LogP contribution >= 0.6 is 11.8 Å². The van der Waals surface area contributed by atoms with Crippen molar-refractivity contribution in [1.29, 1.82) is 0 Å². The highest BCUT2D eigenvalue weighted by Gasteiger charge is 2.11. The van der Waals surface area contributed by atoms with Crippen LogP contribution in [0, 0.1) is 0 Å². The first-order valence-electron chi connectivity index (χ1n) is 4.96. The Balaban J connectivity index is 1.94. The lowest BCUT2D eigenvalue weighted by molar-refractivity contribution is 0.0656. The van der Waals surface area contributed by atoms with Crippen LogP contribution in [0.2, 0.25) is 0 Å². The van der Waals surface area contributed by atoms with E-state index >= 15 is 0 Å². The second kappa shape index (κ2) is 5.05. The molecule has 17 heavy (non-hydrogen) atoms. The van der Waals surface area contributed by atoms with Crippen LogP contribution in [0.15, 0.2) is 26.2 Å². The summed E-state index contributed by atoms with van der Waals surface area (Å²) in [6, 6.07) is 3.02. The zero-order valence-corrected chi connectivity index (χ0v) is 9.86. The van der Waals surface area contributed by atoms with Crippen LogP contribution in [0.4, 0.5) is 0 Å². The van der Waals surface area contributed by atoms with Gasteiger partial charge in [0.1, 0.15) is 0 Å². The largest absolute Gasteiger partial charge is 0.475 e. The highest BCUT2D eigenvalue weighted by molar-refractivity contribution is 7.98. The number of rotatable bonds is 5. The van der Waals surface area contributed by atoms with Gasteiger partial charge in [-0.2, -0.15) is 4.98 Å². The van der Waals surface area contributed by atoms with E-state index in [-0.39, 0.29) is 5.76 Å². The van der Waals surface area contributed by atoms with E-state index in [9.17, 15) is 4.79 Å². The maximum absolute atomic E-state index is 10.6. The van der Waals surface area contributed by atoms with Gasteiger partial charge in [-0.1, -0.05) is 23.8 Å². The lowest BCUT2D eigenvalue weighted by Gasteiger charge is -1.91. The number of furan rings is 1. The summed E-state index contributed by atoms with van der Waals surface area (Å²) >= 11 is 1.32. The standard InChI is InChI=1S/C10H10N2O4S/c1-2-8-11-7(12-16-8)5-17-9-4-3-6(15-9)10(13)14/h3-4H,2,5H2,1H3,(H,13,14). The van der Waals surface area contributed by atoms with E-state index in [1.54, 1.807) is 6.07 Å². The monoisotopic (exact) mass is 254 g/mol. The molecule has 0 aliphatic carbocycles. The molecule has 2 aromatic heterocycles. The lowest BCUT2D eigenvalue weighted by Crippen LogP contribution is -1.91. The van der Waals surface area contributed by atoms with E-state index in [4.69, 9.17) is 14.0 Å². The van der Waals surface area contributed by atoms with Crippen molar-refractivity contribution in [3.05, 3.63) is 29.6 Å². The third-order valence-corrected chi connectivity index (χ3v) is 2.85. The summed E-state index contributed by atoms with van der Waals surface area (Å²) in [5.41, 5.74) is 0. The van der Waals surface area contributed by atoms with Gasteiger partial charge in [0, 0.05) is 6.42 Å². The Morgan fingerprint density at radius 3 is 2.94 bits per heavy atom. The predicted octanol–water partition coefficient (Wildman–Crippen LogP) is 2.22. The third kappa shape index (κ3) is 2.88. The average Bonchev–Trinajstić information content (AvgIpc) is 2.95. The quantitative estimate of drug-likeness (QED) is 0.818. The lowest BCUT2D eigenvalue weighted by atomic mass is 10.5. The van der Waals surface area contributed by atoms with Crippen LogP contribution in [0.1, 0.15) is 29.2 Å². The van der Waals surface area contributed by atoms with Crippen molar-refractivity contribution in [2.45, 2.75) is 24.2 Å². The summed E-state index contributed by atoms with van der Waals surface area (Å²) < 4.78 is 10.0. The molecule has 0 aromatic carbocycles. The van der Waals surface area contributed by atoms with Crippen LogP contribution in [0.25, 0.3) is 0 Å². The summed E-state index contributed by atoms with van der Waals surface area (Å²) in [4.78, 5) is 14.7. The van der Waals surface area contributed by atoms with Gasteiger partial charge in [0.25, 0.3) is 0 Å². The number of thioether (sulfide) groups is 1. The minimum Gasteiger partial charge on any atom is -0.475 e. The van der Waals surface area contributed by atoms with E-state index in [0.717, 1.165) is 0 Å². The Hall–Kier alpha value is -1.76. The maximum Gasteiger partial charge on any atom is 0.371 e. The fourth-order valence-corrected chi connectivity index (χ4v) is 1.84. The van der Waals surface area contributed by atoms with Crippen LogP contribution in [0.3, 0.4) is 0 Å². The minimum absolute atomic E-state index is 0.0742. The van der Waals surface area contributed by atoms with Crippen LogP contribution < -0.4 is 0 Å². The van der Waals surface area contributed by atoms with Gasteiger partial charge < -0.3 is 14.0 Å². The van der Waals surface area contributed by atoms with E-state index in [0.29, 0.717) is 29.0 Å². The number of aryl methyl sites for hydroxylation is 1. The number of carboxylic acids is 1. The number of hydrogen-bond donors (Lipinski definition) is 1. The first kappa shape index (κ1) is 11.7. The van der Waals surface area contributed by atoms with Gasteiger partial charge in [-0.15, -0.1) is 0 Å². The van der Waals surface area contributed by atoms with E-state index in [1.165, 1.54) is 17.8 Å². The van der Waals surface area contributed by atoms with Crippen molar-refractivity contribution in [2.24, 2.45) is 0 Å². The number of nitrogens with zero attached hydrogens (tertiary/aromatic N) is 2. The number of carbonyl (C=O) groups is 1. The molecule has 0 radical (unpaired) electrons. The van der Waals surface area contributed by atoms with Gasteiger partial charge in [0.2, 0.25) is 11.7 Å². The van der Waals surface area contributed by atoms with Gasteiger partial charge in [-0.3, -0.25) is 0 Å². The van der Waals surface area contributed by atoms with Gasteiger partial charge in [0.05, 0.1) is 5.75 Å². The number of carboxylic acid groups (broad SMARTS) is 1. The first-order valence-corrected chi connectivity index (χ1v) is 5.95. The number of aromatic nitrogens is 2. The van der Waals surface area contributed by atoms with Gasteiger partial charge >= 0.3 is 5.97 Å². The second-order valence-corrected chi connectivity index (χ2v) is 4.15. The maximum atomic E-state index is 10.6. The van der Waals surface area contributed by atoms with Crippen molar-refractivity contribution in [3.8, 4) is 0 Å². The molecule has 0 aliphatic heterocycles. The number of aromatic carboxylic acids is 1. The zero-order valence-electron chi connectivity index (χ0n) is 9.04. The van der Waals surface area contributed by atoms with Crippen molar-refractivity contribution >= 4 is 17.7 Å². The first-order chi connectivity index (χ1) is 8.19. The summed E-state index contributed by atoms with van der Waals surface area (Å²) in [7, 11) is 0. The molecular formula is C10H10N2O4S. The highest BCUT2D eigenvalue weighted by atomic mass is 32.2. The molecule has 0 unspecified atom stereocenters. The van der Waals surface area contributed by atoms with Crippen molar-refractivity contribution in [3.63, 3.8) is 0 Å². The van der Waals surface area contributed by atoms with E-state index in [1.807, 2.05) is 6.92 Å². The second-order valence-electron chi connectivity index (χ2n) is 3.17. The topological polar surface area (TPSA) is 89.4 Å². The Labute approximate surface area is 101 Å². The number of hydrogen-bond acceptors (Lipinski definition) is 6. The Bertz CT molecular complexity index is 520. The zero-order chi connectivity index (χ0) is 12.3. The van der Waals surface area contributed by atoms with E-state index < -0.39 is 5.97 Å². The smallest absolute Gasteiger partial charge is 0.371 e. The fraction of sp³-hybridized carbons (Fsp3) is 0.300.